The number of aliphatic hydroxyl groups is 1. The first-order valence-electron chi connectivity index (χ1n) is 13.3. The van der Waals surface area contributed by atoms with Gasteiger partial charge in [-0.05, 0) is 77.1 Å². The maximum atomic E-state index is 13.5. The molecule has 1 saturated heterocycles. The average molecular weight is 510 g/mol. The summed E-state index contributed by atoms with van der Waals surface area (Å²) in [5.74, 6) is -0.709. The maximum Gasteiger partial charge on any atom is 0.295 e. The van der Waals surface area contributed by atoms with Gasteiger partial charge in [0, 0.05) is 12.1 Å². The molecule has 0 aromatic heterocycles. The van der Waals surface area contributed by atoms with Gasteiger partial charge in [-0.1, -0.05) is 69.3 Å². The zero-order valence-electron chi connectivity index (χ0n) is 22.6. The lowest BCUT2D eigenvalue weighted by Crippen LogP contribution is -2.29. The van der Waals surface area contributed by atoms with Gasteiger partial charge in [0.05, 0.1) is 18.7 Å². The minimum absolute atomic E-state index is 0.0376. The fraction of sp³-hybridized carbons (Fsp3) is 0.333. The van der Waals surface area contributed by atoms with Crippen molar-refractivity contribution in [2.75, 3.05) is 7.11 Å². The second-order valence-electron chi connectivity index (χ2n) is 11.3. The third kappa shape index (κ3) is 4.85. The van der Waals surface area contributed by atoms with Gasteiger partial charge >= 0.3 is 0 Å². The monoisotopic (exact) mass is 509 g/mol. The summed E-state index contributed by atoms with van der Waals surface area (Å²) in [6, 6.07) is 20.7. The van der Waals surface area contributed by atoms with Crippen molar-refractivity contribution < 1.29 is 19.4 Å². The molecule has 1 fully saturated rings. The van der Waals surface area contributed by atoms with Crippen LogP contribution in [0.4, 0.5) is 0 Å². The normalized spacial score (nSPS) is 18.9. The highest BCUT2D eigenvalue weighted by Gasteiger charge is 2.46. The van der Waals surface area contributed by atoms with Gasteiger partial charge in [0.2, 0.25) is 0 Å². The number of ether oxygens (including phenoxy) is 1. The van der Waals surface area contributed by atoms with Crippen molar-refractivity contribution in [3.8, 4) is 5.75 Å². The Hall–Kier alpha value is -3.86. The Morgan fingerprint density at radius 2 is 1.66 bits per heavy atom. The highest BCUT2D eigenvalue weighted by Crippen LogP contribution is 2.41. The minimum Gasteiger partial charge on any atom is -0.507 e. The molecular weight excluding hydrogens is 474 g/mol. The average Bonchev–Trinajstić information content (AvgIpc) is 3.17. The van der Waals surface area contributed by atoms with Crippen LogP contribution >= 0.6 is 0 Å². The fourth-order valence-electron chi connectivity index (χ4n) is 5.56. The number of hydrogen-bond donors (Lipinski definition) is 1. The Balaban J connectivity index is 1.62. The molecule has 196 valence electrons. The van der Waals surface area contributed by atoms with Gasteiger partial charge in [0.25, 0.3) is 11.7 Å². The summed E-state index contributed by atoms with van der Waals surface area (Å²) in [5.41, 5.74) is 5.97. The zero-order chi connectivity index (χ0) is 27.0. The van der Waals surface area contributed by atoms with E-state index in [9.17, 15) is 14.7 Å². The number of aliphatic hydroxyl groups excluding tert-OH is 1. The van der Waals surface area contributed by atoms with Gasteiger partial charge in [-0.25, -0.2) is 0 Å². The summed E-state index contributed by atoms with van der Waals surface area (Å²) in [6.07, 6.45) is 4.26. The molecule has 1 aliphatic carbocycles. The van der Waals surface area contributed by atoms with E-state index in [4.69, 9.17) is 4.74 Å². The Labute approximate surface area is 224 Å². The van der Waals surface area contributed by atoms with Crippen molar-refractivity contribution in [1.82, 2.24) is 4.90 Å². The van der Waals surface area contributed by atoms with Gasteiger partial charge in [0.1, 0.15) is 11.5 Å². The van der Waals surface area contributed by atoms with E-state index in [-0.39, 0.29) is 23.3 Å². The summed E-state index contributed by atoms with van der Waals surface area (Å²) >= 11 is 0. The molecular formula is C33H35NO4. The number of benzene rings is 3. The van der Waals surface area contributed by atoms with E-state index in [0.29, 0.717) is 11.3 Å². The van der Waals surface area contributed by atoms with Crippen LogP contribution in [-0.2, 0) is 34.4 Å². The van der Waals surface area contributed by atoms with E-state index in [0.717, 1.165) is 42.4 Å². The molecule has 0 bridgehead atoms. The van der Waals surface area contributed by atoms with E-state index >= 15 is 0 Å². The van der Waals surface area contributed by atoms with Crippen LogP contribution in [0.3, 0.4) is 0 Å². The number of amides is 1. The third-order valence-electron chi connectivity index (χ3n) is 7.74. The number of aryl methyl sites for hydroxylation is 2. The van der Waals surface area contributed by atoms with Crippen molar-refractivity contribution in [1.29, 1.82) is 0 Å². The number of carbonyl (C=O) groups excluding carboxylic acids is 2. The molecule has 38 heavy (non-hydrogen) atoms. The smallest absolute Gasteiger partial charge is 0.295 e. The van der Waals surface area contributed by atoms with Gasteiger partial charge < -0.3 is 14.7 Å². The molecule has 5 heteroatoms. The molecule has 0 saturated carbocycles. The number of nitrogens with zero attached hydrogens (tertiary/aromatic N) is 1. The standard InChI is InChI=1S/C33H35NO4/c1-33(2,3)26-16-14-23(15-17-26)29-28(30(35)25-13-12-22-9-5-6-10-24(22)19-25)31(36)32(37)34(29)20-21-8-7-11-27(18-21)38-4/h7-8,11-19,29,35H,5-6,9-10,20H2,1-4H3/b30-28-. The lowest BCUT2D eigenvalue weighted by atomic mass is 9.85. The molecule has 1 amide bonds. The van der Waals surface area contributed by atoms with Crippen LogP contribution in [0.1, 0.15) is 73.0 Å². The van der Waals surface area contributed by atoms with E-state index in [1.807, 2.05) is 66.7 Å². The van der Waals surface area contributed by atoms with Crippen molar-refractivity contribution in [2.45, 2.75) is 64.5 Å². The molecule has 2 aliphatic rings. The maximum absolute atomic E-state index is 13.5. The van der Waals surface area contributed by atoms with Crippen LogP contribution < -0.4 is 4.74 Å². The number of Topliss-reactive ketones (excluding diaryl/α,β-unsaturated/α-hetero) is 1. The number of hydrogen-bond acceptors (Lipinski definition) is 4. The van der Waals surface area contributed by atoms with Crippen molar-refractivity contribution in [2.24, 2.45) is 0 Å². The summed E-state index contributed by atoms with van der Waals surface area (Å²) in [4.78, 5) is 28.5. The van der Waals surface area contributed by atoms with Gasteiger partial charge in [-0.3, -0.25) is 9.59 Å². The highest BCUT2D eigenvalue weighted by atomic mass is 16.5. The second-order valence-corrected chi connectivity index (χ2v) is 11.3. The van der Waals surface area contributed by atoms with Crippen LogP contribution in [0.2, 0.25) is 0 Å². The first-order chi connectivity index (χ1) is 18.2. The second kappa shape index (κ2) is 10.1. The number of rotatable bonds is 5. The van der Waals surface area contributed by atoms with Gasteiger partial charge in [-0.15, -0.1) is 0 Å². The Morgan fingerprint density at radius 1 is 0.947 bits per heavy atom. The van der Waals surface area contributed by atoms with Crippen LogP contribution in [0.25, 0.3) is 5.76 Å². The molecule has 3 aromatic rings. The van der Waals surface area contributed by atoms with Crippen LogP contribution in [-0.4, -0.2) is 28.8 Å². The third-order valence-corrected chi connectivity index (χ3v) is 7.74. The largest absolute Gasteiger partial charge is 0.507 e. The van der Waals surface area contributed by atoms with E-state index in [1.165, 1.54) is 11.1 Å². The summed E-state index contributed by atoms with van der Waals surface area (Å²) in [5, 5.41) is 11.6. The number of likely N-dealkylation sites (tertiary alicyclic amines) is 1. The molecule has 1 unspecified atom stereocenters. The quantitative estimate of drug-likeness (QED) is 0.242. The van der Waals surface area contributed by atoms with E-state index < -0.39 is 17.7 Å². The summed E-state index contributed by atoms with van der Waals surface area (Å²) < 4.78 is 5.37. The predicted molar refractivity (Wildman–Crippen MR) is 149 cm³/mol. The molecule has 1 N–H and O–H groups in total. The van der Waals surface area contributed by atoms with Crippen molar-refractivity contribution >= 4 is 17.4 Å². The lowest BCUT2D eigenvalue weighted by Gasteiger charge is -2.27. The Kier molecular flexibility index (Phi) is 6.87. The molecule has 0 radical (unpaired) electrons. The predicted octanol–water partition coefficient (Wildman–Crippen LogP) is 6.49. The van der Waals surface area contributed by atoms with Crippen LogP contribution in [0.5, 0.6) is 5.75 Å². The molecule has 5 nitrogen and oxygen atoms in total. The van der Waals surface area contributed by atoms with E-state index in [2.05, 4.69) is 20.8 Å². The van der Waals surface area contributed by atoms with Crippen molar-refractivity contribution in [3.05, 3.63) is 106 Å². The SMILES string of the molecule is COc1cccc(CN2C(=O)C(=O)/C(=C(\O)c3ccc4c(c3)CCCC4)C2c2ccc(C(C)(C)C)cc2)c1. The topological polar surface area (TPSA) is 66.8 Å². The minimum atomic E-state index is -0.703. The lowest BCUT2D eigenvalue weighted by molar-refractivity contribution is -0.140. The zero-order valence-corrected chi connectivity index (χ0v) is 22.6. The molecule has 1 heterocycles. The first kappa shape index (κ1) is 25.8. The number of fused-ring (bicyclic) bond motifs is 1. The van der Waals surface area contributed by atoms with E-state index in [1.54, 1.807) is 12.0 Å². The molecule has 0 spiro atoms. The molecule has 3 aromatic carbocycles. The fourth-order valence-corrected chi connectivity index (χ4v) is 5.56. The summed E-state index contributed by atoms with van der Waals surface area (Å²) in [6.45, 7) is 6.65. The van der Waals surface area contributed by atoms with Crippen LogP contribution in [0.15, 0.2) is 72.3 Å². The molecule has 1 atom stereocenters. The van der Waals surface area contributed by atoms with Crippen molar-refractivity contribution in [3.63, 3.8) is 0 Å². The van der Waals surface area contributed by atoms with Crippen LogP contribution in [0, 0.1) is 0 Å². The summed E-state index contributed by atoms with van der Waals surface area (Å²) in [7, 11) is 1.60. The Morgan fingerprint density at radius 3 is 2.34 bits per heavy atom. The molecule has 1 aliphatic heterocycles. The number of methoxy groups -OCH3 is 1. The van der Waals surface area contributed by atoms with Gasteiger partial charge in [-0.2, -0.15) is 0 Å². The molecule has 5 rings (SSSR count). The number of ketones is 1. The van der Waals surface area contributed by atoms with Gasteiger partial charge in [0.15, 0.2) is 0 Å². The first-order valence-corrected chi connectivity index (χ1v) is 13.3. The number of carbonyl (C=O) groups is 2. The highest BCUT2D eigenvalue weighted by molar-refractivity contribution is 6.46. The Bertz CT molecular complexity index is 1410.